The van der Waals surface area contributed by atoms with Crippen molar-refractivity contribution in [2.45, 2.75) is 32.2 Å². The number of carbonyl (C=O) groups excluding carboxylic acids is 1. The second-order valence-corrected chi connectivity index (χ2v) is 6.33. The molecule has 0 saturated carbocycles. The Bertz CT molecular complexity index is 826. The normalized spacial score (nSPS) is 11.9. The molecular formula is C20H20F3NO3. The molecule has 0 heterocycles. The van der Waals surface area contributed by atoms with Gasteiger partial charge in [0.15, 0.2) is 11.6 Å². The molecule has 1 unspecified atom stereocenters. The number of rotatable bonds is 8. The Morgan fingerprint density at radius 3 is 2.37 bits per heavy atom. The van der Waals surface area contributed by atoms with E-state index >= 15 is 0 Å². The summed E-state index contributed by atoms with van der Waals surface area (Å²) in [4.78, 5) is 24.8. The van der Waals surface area contributed by atoms with Gasteiger partial charge in [-0.05, 0) is 35.2 Å². The lowest BCUT2D eigenvalue weighted by atomic mass is 9.96. The van der Waals surface area contributed by atoms with Gasteiger partial charge in [-0.1, -0.05) is 31.2 Å². The highest BCUT2D eigenvalue weighted by Crippen LogP contribution is 2.23. The summed E-state index contributed by atoms with van der Waals surface area (Å²) < 4.78 is 40.4. The standard InChI is InChI=1S/C20H20F3NO3/c1-13(15-4-2-3-5-16(15)21)10-19(25)24(9-8-20(26)27)12-14-6-7-17(22)18(23)11-14/h2-7,11,13H,8-10,12H2,1H3,(H,26,27). The minimum absolute atomic E-state index is 0.0375. The van der Waals surface area contributed by atoms with Crippen LogP contribution in [0.15, 0.2) is 42.5 Å². The van der Waals surface area contributed by atoms with E-state index in [0.29, 0.717) is 11.1 Å². The third-order valence-corrected chi connectivity index (χ3v) is 4.22. The lowest BCUT2D eigenvalue weighted by Gasteiger charge is -2.24. The van der Waals surface area contributed by atoms with E-state index in [1.807, 2.05) is 0 Å². The zero-order chi connectivity index (χ0) is 20.0. The molecule has 0 bridgehead atoms. The Morgan fingerprint density at radius 1 is 1.04 bits per heavy atom. The molecule has 0 aromatic heterocycles. The van der Waals surface area contributed by atoms with Crippen LogP contribution in [0.4, 0.5) is 13.2 Å². The summed E-state index contributed by atoms with van der Waals surface area (Å²) in [5.74, 6) is -4.36. The number of carboxylic acids is 1. The Morgan fingerprint density at radius 2 is 1.74 bits per heavy atom. The SMILES string of the molecule is CC(CC(=O)N(CCC(=O)O)Cc1ccc(F)c(F)c1)c1ccccc1F. The Kier molecular flexibility index (Phi) is 6.98. The molecule has 0 aliphatic rings. The van der Waals surface area contributed by atoms with Crippen molar-refractivity contribution in [2.24, 2.45) is 0 Å². The van der Waals surface area contributed by atoms with Gasteiger partial charge < -0.3 is 10.0 Å². The van der Waals surface area contributed by atoms with Gasteiger partial charge in [-0.15, -0.1) is 0 Å². The van der Waals surface area contributed by atoms with Crippen molar-refractivity contribution >= 4 is 11.9 Å². The number of halogens is 3. The van der Waals surface area contributed by atoms with Crippen molar-refractivity contribution in [1.29, 1.82) is 0 Å². The molecule has 0 radical (unpaired) electrons. The van der Waals surface area contributed by atoms with Crippen LogP contribution < -0.4 is 0 Å². The third kappa shape index (κ3) is 5.84. The first-order chi connectivity index (χ1) is 12.8. The lowest BCUT2D eigenvalue weighted by Crippen LogP contribution is -2.33. The topological polar surface area (TPSA) is 57.6 Å². The molecular weight excluding hydrogens is 359 g/mol. The number of nitrogens with zero attached hydrogens (tertiary/aromatic N) is 1. The molecule has 1 amide bonds. The summed E-state index contributed by atoms with van der Waals surface area (Å²) in [6.45, 7) is 1.55. The predicted octanol–water partition coefficient (Wildman–Crippen LogP) is 4.10. The zero-order valence-electron chi connectivity index (χ0n) is 14.8. The average molecular weight is 379 g/mol. The van der Waals surface area contributed by atoms with Crippen molar-refractivity contribution in [3.8, 4) is 0 Å². The molecule has 0 saturated heterocycles. The highest BCUT2D eigenvalue weighted by Gasteiger charge is 2.21. The maximum atomic E-state index is 13.9. The van der Waals surface area contributed by atoms with Gasteiger partial charge in [-0.25, -0.2) is 13.2 Å². The lowest BCUT2D eigenvalue weighted by molar-refractivity contribution is -0.138. The molecule has 27 heavy (non-hydrogen) atoms. The fourth-order valence-electron chi connectivity index (χ4n) is 2.76. The molecule has 0 spiro atoms. The molecule has 0 aliphatic carbocycles. The first kappa shape index (κ1) is 20.5. The second-order valence-electron chi connectivity index (χ2n) is 6.33. The highest BCUT2D eigenvalue weighted by atomic mass is 19.2. The number of aliphatic carboxylic acids is 1. The molecule has 144 valence electrons. The maximum Gasteiger partial charge on any atom is 0.305 e. The minimum Gasteiger partial charge on any atom is -0.481 e. The molecule has 2 rings (SSSR count). The van der Waals surface area contributed by atoms with Crippen LogP contribution in [0.3, 0.4) is 0 Å². The van der Waals surface area contributed by atoms with Crippen molar-refractivity contribution < 1.29 is 27.9 Å². The number of hydrogen-bond acceptors (Lipinski definition) is 2. The Hall–Kier alpha value is -2.83. The van der Waals surface area contributed by atoms with Crippen LogP contribution >= 0.6 is 0 Å². The zero-order valence-corrected chi connectivity index (χ0v) is 14.8. The van der Waals surface area contributed by atoms with Crippen LogP contribution in [0, 0.1) is 17.5 Å². The van der Waals surface area contributed by atoms with Crippen LogP contribution in [0.2, 0.25) is 0 Å². The van der Waals surface area contributed by atoms with Crippen LogP contribution in [0.25, 0.3) is 0 Å². The van der Waals surface area contributed by atoms with Gasteiger partial charge in [0, 0.05) is 19.5 Å². The summed E-state index contributed by atoms with van der Waals surface area (Å²) in [5.41, 5.74) is 0.725. The Balaban J connectivity index is 2.14. The van der Waals surface area contributed by atoms with Crippen molar-refractivity contribution in [1.82, 2.24) is 4.90 Å². The van der Waals surface area contributed by atoms with Crippen LogP contribution in [-0.4, -0.2) is 28.4 Å². The summed E-state index contributed by atoms with van der Waals surface area (Å²) in [7, 11) is 0. The fourth-order valence-corrected chi connectivity index (χ4v) is 2.76. The van der Waals surface area contributed by atoms with Gasteiger partial charge in [0.05, 0.1) is 6.42 Å². The number of hydrogen-bond donors (Lipinski definition) is 1. The monoisotopic (exact) mass is 379 g/mol. The highest BCUT2D eigenvalue weighted by molar-refractivity contribution is 5.78. The van der Waals surface area contributed by atoms with Gasteiger partial charge in [-0.2, -0.15) is 0 Å². The van der Waals surface area contributed by atoms with Gasteiger partial charge in [0.25, 0.3) is 0 Å². The van der Waals surface area contributed by atoms with Crippen LogP contribution in [-0.2, 0) is 16.1 Å². The van der Waals surface area contributed by atoms with E-state index < -0.39 is 35.2 Å². The van der Waals surface area contributed by atoms with E-state index in [2.05, 4.69) is 0 Å². The quantitative estimate of drug-likeness (QED) is 0.751. The summed E-state index contributed by atoms with van der Waals surface area (Å²) in [6.07, 6.45) is -0.326. The van der Waals surface area contributed by atoms with Gasteiger partial charge in [0.2, 0.25) is 5.91 Å². The molecule has 0 aliphatic heterocycles. The van der Waals surface area contributed by atoms with Gasteiger partial charge in [0.1, 0.15) is 5.82 Å². The maximum absolute atomic E-state index is 13.9. The van der Waals surface area contributed by atoms with Gasteiger partial charge >= 0.3 is 5.97 Å². The van der Waals surface area contributed by atoms with E-state index in [1.165, 1.54) is 17.0 Å². The second kappa shape index (κ2) is 9.21. The largest absolute Gasteiger partial charge is 0.481 e. The van der Waals surface area contributed by atoms with Crippen molar-refractivity contribution in [3.05, 3.63) is 71.0 Å². The molecule has 1 atom stereocenters. The van der Waals surface area contributed by atoms with E-state index in [0.717, 1.165) is 12.1 Å². The fraction of sp³-hybridized carbons (Fsp3) is 0.300. The predicted molar refractivity (Wildman–Crippen MR) is 93.5 cm³/mol. The summed E-state index contributed by atoms with van der Waals surface area (Å²) in [5, 5.41) is 8.89. The number of carboxylic acid groups (broad SMARTS) is 1. The summed E-state index contributed by atoms with van der Waals surface area (Å²) >= 11 is 0. The number of amides is 1. The molecule has 2 aromatic rings. The smallest absolute Gasteiger partial charge is 0.305 e. The number of benzene rings is 2. The van der Waals surface area contributed by atoms with Crippen molar-refractivity contribution in [3.63, 3.8) is 0 Å². The van der Waals surface area contributed by atoms with Crippen LogP contribution in [0.5, 0.6) is 0 Å². The first-order valence-electron chi connectivity index (χ1n) is 8.46. The molecule has 4 nitrogen and oxygen atoms in total. The molecule has 7 heteroatoms. The van der Waals surface area contributed by atoms with E-state index in [4.69, 9.17) is 5.11 Å². The molecule has 0 fully saturated rings. The Labute approximate surface area is 155 Å². The minimum atomic E-state index is -1.08. The summed E-state index contributed by atoms with van der Waals surface area (Å²) in [6, 6.07) is 9.37. The van der Waals surface area contributed by atoms with Gasteiger partial charge in [-0.3, -0.25) is 9.59 Å². The molecule has 1 N–H and O–H groups in total. The average Bonchev–Trinajstić information content (AvgIpc) is 2.61. The van der Waals surface area contributed by atoms with Crippen LogP contribution in [0.1, 0.15) is 36.8 Å². The number of carbonyl (C=O) groups is 2. The van der Waals surface area contributed by atoms with Crippen molar-refractivity contribution in [2.75, 3.05) is 6.54 Å². The van der Waals surface area contributed by atoms with E-state index in [-0.39, 0.29) is 25.9 Å². The van der Waals surface area contributed by atoms with E-state index in [1.54, 1.807) is 25.1 Å². The third-order valence-electron chi connectivity index (χ3n) is 4.22. The molecule has 2 aromatic carbocycles. The van der Waals surface area contributed by atoms with E-state index in [9.17, 15) is 22.8 Å². The first-order valence-corrected chi connectivity index (χ1v) is 8.46.